The summed E-state index contributed by atoms with van der Waals surface area (Å²) in [7, 11) is 0. The van der Waals surface area contributed by atoms with E-state index in [4.69, 9.17) is 11.6 Å². The summed E-state index contributed by atoms with van der Waals surface area (Å²) in [6, 6.07) is 11.1. The molecule has 2 aromatic rings. The predicted molar refractivity (Wildman–Crippen MR) is 75.4 cm³/mol. The highest BCUT2D eigenvalue weighted by molar-refractivity contribution is 6.29. The lowest BCUT2D eigenvalue weighted by Crippen LogP contribution is -2.32. The van der Waals surface area contributed by atoms with Crippen LogP contribution in [0.5, 0.6) is 0 Å². The fourth-order valence-corrected chi connectivity index (χ4v) is 2.25. The molecule has 0 saturated carbocycles. The molecular formula is C14H12ClN3O. The number of para-hydroxylation sites is 1. The highest BCUT2D eigenvalue weighted by Crippen LogP contribution is 2.25. The number of aromatic nitrogens is 1. The first-order valence-corrected chi connectivity index (χ1v) is 6.37. The van der Waals surface area contributed by atoms with Gasteiger partial charge in [-0.05, 0) is 23.8 Å². The third-order valence-corrected chi connectivity index (χ3v) is 3.31. The molecule has 0 spiro atoms. The second kappa shape index (κ2) is 4.90. The number of pyridine rings is 1. The van der Waals surface area contributed by atoms with Gasteiger partial charge in [0.1, 0.15) is 11.2 Å². The van der Waals surface area contributed by atoms with Gasteiger partial charge in [0.15, 0.2) is 0 Å². The van der Waals surface area contributed by atoms with Crippen LogP contribution in [0.25, 0.3) is 0 Å². The van der Waals surface area contributed by atoms with Gasteiger partial charge in [-0.1, -0.05) is 29.8 Å². The zero-order valence-corrected chi connectivity index (χ0v) is 10.8. The molecule has 0 saturated heterocycles. The fourth-order valence-electron chi connectivity index (χ4n) is 2.14. The van der Waals surface area contributed by atoms with Crippen molar-refractivity contribution >= 4 is 28.9 Å². The zero-order valence-electron chi connectivity index (χ0n) is 10.1. The van der Waals surface area contributed by atoms with Crippen LogP contribution in [0, 0.1) is 0 Å². The molecule has 0 radical (unpaired) electrons. The van der Waals surface area contributed by atoms with Gasteiger partial charge in [-0.3, -0.25) is 4.79 Å². The molecule has 1 aliphatic rings. The number of amides is 1. The third-order valence-electron chi connectivity index (χ3n) is 3.08. The van der Waals surface area contributed by atoms with Crippen molar-refractivity contribution in [2.45, 2.75) is 12.5 Å². The van der Waals surface area contributed by atoms with Crippen molar-refractivity contribution in [1.29, 1.82) is 0 Å². The maximum atomic E-state index is 12.1. The number of anilines is 2. The number of nitrogens with zero attached hydrogens (tertiary/aromatic N) is 1. The lowest BCUT2D eigenvalue weighted by atomic mass is 10.1. The topological polar surface area (TPSA) is 54.0 Å². The SMILES string of the molecule is O=C(Nc1ccc(Cl)nc1)[C@@H]1Cc2ccccc2N1. The van der Waals surface area contributed by atoms with Crippen LogP contribution in [0.4, 0.5) is 11.4 Å². The Morgan fingerprint density at radius 1 is 1.32 bits per heavy atom. The maximum absolute atomic E-state index is 12.1. The first-order valence-electron chi connectivity index (χ1n) is 5.99. The molecule has 1 atom stereocenters. The number of fused-ring (bicyclic) bond motifs is 1. The van der Waals surface area contributed by atoms with E-state index in [1.807, 2.05) is 24.3 Å². The minimum atomic E-state index is -0.243. The first kappa shape index (κ1) is 12.0. The van der Waals surface area contributed by atoms with E-state index in [0.29, 0.717) is 17.3 Å². The summed E-state index contributed by atoms with van der Waals surface area (Å²) in [6.07, 6.45) is 2.24. The highest BCUT2D eigenvalue weighted by atomic mass is 35.5. The van der Waals surface area contributed by atoms with Gasteiger partial charge < -0.3 is 10.6 Å². The molecule has 4 nitrogen and oxygen atoms in total. The van der Waals surface area contributed by atoms with E-state index >= 15 is 0 Å². The van der Waals surface area contributed by atoms with E-state index in [0.717, 1.165) is 11.3 Å². The zero-order chi connectivity index (χ0) is 13.2. The molecule has 3 rings (SSSR count). The van der Waals surface area contributed by atoms with Crippen molar-refractivity contribution < 1.29 is 4.79 Å². The maximum Gasteiger partial charge on any atom is 0.247 e. The molecule has 1 aliphatic heterocycles. The lowest BCUT2D eigenvalue weighted by molar-refractivity contribution is -0.116. The summed E-state index contributed by atoms with van der Waals surface area (Å²) in [5.74, 6) is -0.0691. The number of nitrogens with one attached hydrogen (secondary N) is 2. The molecule has 19 heavy (non-hydrogen) atoms. The van der Waals surface area contributed by atoms with Crippen molar-refractivity contribution in [3.63, 3.8) is 0 Å². The summed E-state index contributed by atoms with van der Waals surface area (Å²) < 4.78 is 0. The van der Waals surface area contributed by atoms with Crippen LogP contribution in [0.15, 0.2) is 42.6 Å². The molecule has 0 unspecified atom stereocenters. The van der Waals surface area contributed by atoms with Crippen LogP contribution in [0.1, 0.15) is 5.56 Å². The van der Waals surface area contributed by atoms with E-state index in [9.17, 15) is 4.79 Å². The fraction of sp³-hybridized carbons (Fsp3) is 0.143. The molecule has 2 N–H and O–H groups in total. The van der Waals surface area contributed by atoms with Crippen LogP contribution in [-0.4, -0.2) is 16.9 Å². The Kier molecular flexibility index (Phi) is 3.09. The molecule has 0 aliphatic carbocycles. The summed E-state index contributed by atoms with van der Waals surface area (Å²) in [5, 5.41) is 6.44. The quantitative estimate of drug-likeness (QED) is 0.827. The Morgan fingerprint density at radius 3 is 2.89 bits per heavy atom. The smallest absolute Gasteiger partial charge is 0.247 e. The molecule has 2 heterocycles. The Hall–Kier alpha value is -2.07. The number of hydrogen-bond donors (Lipinski definition) is 2. The summed E-state index contributed by atoms with van der Waals surface area (Å²) in [6.45, 7) is 0. The van der Waals surface area contributed by atoms with E-state index < -0.39 is 0 Å². The Bertz CT molecular complexity index is 587. The Labute approximate surface area is 115 Å². The van der Waals surface area contributed by atoms with E-state index in [1.165, 1.54) is 0 Å². The second-order valence-corrected chi connectivity index (χ2v) is 4.80. The monoisotopic (exact) mass is 273 g/mol. The van der Waals surface area contributed by atoms with Crippen LogP contribution >= 0.6 is 11.6 Å². The third kappa shape index (κ3) is 2.53. The van der Waals surface area contributed by atoms with Crippen molar-refractivity contribution in [2.24, 2.45) is 0 Å². The van der Waals surface area contributed by atoms with Crippen molar-refractivity contribution in [3.05, 3.63) is 53.3 Å². The van der Waals surface area contributed by atoms with Gasteiger partial charge in [-0.25, -0.2) is 4.98 Å². The second-order valence-electron chi connectivity index (χ2n) is 4.42. The van der Waals surface area contributed by atoms with Crippen LogP contribution in [0.2, 0.25) is 5.15 Å². The minimum absolute atomic E-state index is 0.0691. The van der Waals surface area contributed by atoms with Crippen LogP contribution < -0.4 is 10.6 Å². The Balaban J connectivity index is 1.68. The van der Waals surface area contributed by atoms with Gasteiger partial charge in [0.2, 0.25) is 5.91 Å². The number of carbonyl (C=O) groups excluding carboxylic acids is 1. The van der Waals surface area contributed by atoms with E-state index in [1.54, 1.807) is 18.3 Å². The van der Waals surface area contributed by atoms with Gasteiger partial charge in [0.05, 0.1) is 11.9 Å². The molecule has 0 fully saturated rings. The van der Waals surface area contributed by atoms with E-state index in [-0.39, 0.29) is 11.9 Å². The van der Waals surface area contributed by atoms with Gasteiger partial charge in [-0.15, -0.1) is 0 Å². The number of benzene rings is 1. The molecular weight excluding hydrogens is 262 g/mol. The number of hydrogen-bond acceptors (Lipinski definition) is 3. The van der Waals surface area contributed by atoms with Crippen LogP contribution in [0.3, 0.4) is 0 Å². The lowest BCUT2D eigenvalue weighted by Gasteiger charge is -2.11. The minimum Gasteiger partial charge on any atom is -0.373 e. The summed E-state index contributed by atoms with van der Waals surface area (Å²) in [4.78, 5) is 16.1. The van der Waals surface area contributed by atoms with Crippen LogP contribution in [-0.2, 0) is 11.2 Å². The Morgan fingerprint density at radius 2 is 2.16 bits per heavy atom. The first-order chi connectivity index (χ1) is 9.22. The largest absolute Gasteiger partial charge is 0.373 e. The normalized spacial score (nSPS) is 16.6. The molecule has 1 amide bonds. The van der Waals surface area contributed by atoms with Gasteiger partial charge >= 0.3 is 0 Å². The highest BCUT2D eigenvalue weighted by Gasteiger charge is 2.26. The molecule has 96 valence electrons. The average Bonchev–Trinajstić information content (AvgIpc) is 2.85. The summed E-state index contributed by atoms with van der Waals surface area (Å²) >= 11 is 5.70. The van der Waals surface area contributed by atoms with Crippen molar-refractivity contribution in [2.75, 3.05) is 10.6 Å². The number of rotatable bonds is 2. The van der Waals surface area contributed by atoms with Gasteiger partial charge in [0.25, 0.3) is 0 Å². The summed E-state index contributed by atoms with van der Waals surface area (Å²) in [5.41, 5.74) is 2.83. The molecule has 1 aromatic heterocycles. The number of halogens is 1. The van der Waals surface area contributed by atoms with Crippen molar-refractivity contribution in [3.8, 4) is 0 Å². The molecule has 1 aromatic carbocycles. The van der Waals surface area contributed by atoms with E-state index in [2.05, 4.69) is 15.6 Å². The predicted octanol–water partition coefficient (Wildman–Crippen LogP) is 2.71. The molecule has 5 heteroatoms. The number of carbonyl (C=O) groups is 1. The standard InChI is InChI=1S/C14H12ClN3O/c15-13-6-5-10(8-16-13)17-14(19)12-7-9-3-1-2-4-11(9)18-12/h1-6,8,12,18H,7H2,(H,17,19)/t12-/m0/s1. The average molecular weight is 274 g/mol. The van der Waals surface area contributed by atoms with Gasteiger partial charge in [-0.2, -0.15) is 0 Å². The molecule has 0 bridgehead atoms. The van der Waals surface area contributed by atoms with Gasteiger partial charge in [0, 0.05) is 12.1 Å². The van der Waals surface area contributed by atoms with Crippen molar-refractivity contribution in [1.82, 2.24) is 4.98 Å².